The standard InChI is InChI=1S/C18H12N4O5/c19-8-9-27-16-7-6-14(22(25)26)10-12(16)11-15-17(23)20-21(18(15)24)13-4-2-1-3-5-13/h1-7,10-11H,9H2,(H,20,23). The number of hydrogen-bond donors (Lipinski definition) is 1. The number of amides is 2. The van der Waals surface area contributed by atoms with Gasteiger partial charge in [-0.1, -0.05) is 18.2 Å². The Morgan fingerprint density at radius 2 is 1.96 bits per heavy atom. The molecule has 0 atom stereocenters. The number of hydrogen-bond acceptors (Lipinski definition) is 6. The summed E-state index contributed by atoms with van der Waals surface area (Å²) in [6, 6.07) is 14.0. The van der Waals surface area contributed by atoms with Crippen molar-refractivity contribution in [2.45, 2.75) is 0 Å². The van der Waals surface area contributed by atoms with Crippen LogP contribution < -0.4 is 15.2 Å². The first-order valence-corrected chi connectivity index (χ1v) is 7.71. The first kappa shape index (κ1) is 17.6. The summed E-state index contributed by atoms with van der Waals surface area (Å²) in [5.41, 5.74) is 2.61. The maximum absolute atomic E-state index is 12.6. The van der Waals surface area contributed by atoms with Gasteiger partial charge in [0.25, 0.3) is 17.5 Å². The summed E-state index contributed by atoms with van der Waals surface area (Å²) < 4.78 is 5.23. The predicted molar refractivity (Wildman–Crippen MR) is 94.3 cm³/mol. The van der Waals surface area contributed by atoms with E-state index >= 15 is 0 Å². The molecule has 27 heavy (non-hydrogen) atoms. The molecule has 1 fully saturated rings. The molecule has 2 aromatic carbocycles. The molecule has 2 amide bonds. The number of carbonyl (C=O) groups is 2. The third kappa shape index (κ3) is 3.59. The van der Waals surface area contributed by atoms with E-state index < -0.39 is 16.7 Å². The molecule has 0 bridgehead atoms. The zero-order valence-electron chi connectivity index (χ0n) is 13.8. The van der Waals surface area contributed by atoms with Gasteiger partial charge in [0.05, 0.1) is 10.6 Å². The third-order valence-corrected chi connectivity index (χ3v) is 3.70. The number of hydrazine groups is 1. The number of non-ortho nitro benzene ring substituents is 1. The fraction of sp³-hybridized carbons (Fsp3) is 0.0556. The highest BCUT2D eigenvalue weighted by molar-refractivity contribution is 6.31. The summed E-state index contributed by atoms with van der Waals surface area (Å²) in [4.78, 5) is 35.3. The molecule has 0 unspecified atom stereocenters. The number of carbonyl (C=O) groups excluding carboxylic acids is 2. The van der Waals surface area contributed by atoms with Crippen LogP contribution in [-0.2, 0) is 9.59 Å². The Balaban J connectivity index is 2.01. The molecule has 1 aliphatic heterocycles. The van der Waals surface area contributed by atoms with Crippen molar-refractivity contribution in [3.8, 4) is 11.8 Å². The molecule has 3 rings (SSSR count). The molecule has 2 aromatic rings. The normalized spacial score (nSPS) is 14.8. The maximum Gasteiger partial charge on any atom is 0.282 e. The highest BCUT2D eigenvalue weighted by Crippen LogP contribution is 2.28. The zero-order chi connectivity index (χ0) is 19.4. The molecule has 1 saturated heterocycles. The number of nitro groups is 1. The number of anilines is 1. The van der Waals surface area contributed by atoms with Gasteiger partial charge in [0, 0.05) is 17.7 Å². The van der Waals surface area contributed by atoms with Crippen molar-refractivity contribution in [1.29, 1.82) is 5.26 Å². The summed E-state index contributed by atoms with van der Waals surface area (Å²) in [6.07, 6.45) is 1.21. The number of nitro benzene ring substituents is 1. The molecular formula is C18H12N4O5. The van der Waals surface area contributed by atoms with Crippen molar-refractivity contribution in [1.82, 2.24) is 5.43 Å². The number of nitriles is 1. The monoisotopic (exact) mass is 364 g/mol. The van der Waals surface area contributed by atoms with E-state index in [0.717, 1.165) is 5.01 Å². The molecule has 134 valence electrons. The lowest BCUT2D eigenvalue weighted by Crippen LogP contribution is -2.35. The predicted octanol–water partition coefficient (Wildman–Crippen LogP) is 1.96. The molecule has 0 saturated carbocycles. The number of benzene rings is 2. The first-order chi connectivity index (χ1) is 13.0. The molecule has 0 aromatic heterocycles. The van der Waals surface area contributed by atoms with Crippen molar-refractivity contribution in [3.63, 3.8) is 0 Å². The van der Waals surface area contributed by atoms with Crippen LogP contribution in [-0.4, -0.2) is 23.3 Å². The van der Waals surface area contributed by atoms with E-state index in [1.165, 1.54) is 24.3 Å². The fourth-order valence-electron chi connectivity index (χ4n) is 2.48. The zero-order valence-corrected chi connectivity index (χ0v) is 13.8. The van der Waals surface area contributed by atoms with Crippen molar-refractivity contribution in [2.75, 3.05) is 11.6 Å². The minimum absolute atomic E-state index is 0.146. The molecule has 0 radical (unpaired) electrons. The minimum atomic E-state index is -0.651. The lowest BCUT2D eigenvalue weighted by molar-refractivity contribution is -0.384. The van der Waals surface area contributed by atoms with Crippen LogP contribution in [0.25, 0.3) is 6.08 Å². The molecular weight excluding hydrogens is 352 g/mol. The van der Waals surface area contributed by atoms with Crippen LogP contribution in [0.4, 0.5) is 11.4 Å². The van der Waals surface area contributed by atoms with Crippen LogP contribution >= 0.6 is 0 Å². The number of nitrogens with one attached hydrogen (secondary N) is 1. The van der Waals surface area contributed by atoms with E-state index in [4.69, 9.17) is 10.00 Å². The number of ether oxygens (including phenoxy) is 1. The maximum atomic E-state index is 12.6. The van der Waals surface area contributed by atoms with Crippen LogP contribution in [0.1, 0.15) is 5.56 Å². The summed E-state index contributed by atoms with van der Waals surface area (Å²) in [6.45, 7) is -0.287. The number of para-hydroxylation sites is 1. The highest BCUT2D eigenvalue weighted by Gasteiger charge is 2.34. The summed E-state index contributed by atoms with van der Waals surface area (Å²) in [7, 11) is 0. The Hall–Kier alpha value is -4.19. The molecule has 0 spiro atoms. The number of nitrogens with zero attached hydrogens (tertiary/aromatic N) is 3. The second-order valence-electron chi connectivity index (χ2n) is 5.40. The van der Waals surface area contributed by atoms with Gasteiger partial charge >= 0.3 is 0 Å². The van der Waals surface area contributed by atoms with Crippen molar-refractivity contribution >= 4 is 29.3 Å². The minimum Gasteiger partial charge on any atom is -0.478 e. The Morgan fingerprint density at radius 3 is 2.63 bits per heavy atom. The average molecular weight is 364 g/mol. The van der Waals surface area contributed by atoms with Crippen LogP contribution in [0.3, 0.4) is 0 Å². The summed E-state index contributed by atoms with van der Waals surface area (Å²) >= 11 is 0. The van der Waals surface area contributed by atoms with Gasteiger partial charge in [0.2, 0.25) is 0 Å². The molecule has 1 N–H and O–H groups in total. The van der Waals surface area contributed by atoms with Crippen molar-refractivity contribution in [3.05, 3.63) is 69.8 Å². The molecule has 9 heteroatoms. The van der Waals surface area contributed by atoms with Gasteiger partial charge in [-0.2, -0.15) is 5.26 Å². The first-order valence-electron chi connectivity index (χ1n) is 7.71. The molecule has 1 aliphatic rings. The van der Waals surface area contributed by atoms with Gasteiger partial charge in [-0.15, -0.1) is 0 Å². The van der Waals surface area contributed by atoms with E-state index in [1.54, 1.807) is 36.4 Å². The summed E-state index contributed by atoms with van der Waals surface area (Å²) in [5, 5.41) is 20.8. The van der Waals surface area contributed by atoms with E-state index in [2.05, 4.69) is 5.43 Å². The van der Waals surface area contributed by atoms with Gasteiger partial charge in [-0.25, -0.2) is 5.01 Å². The summed E-state index contributed by atoms with van der Waals surface area (Å²) in [5.74, 6) is -1.11. The molecule has 1 heterocycles. The smallest absolute Gasteiger partial charge is 0.282 e. The van der Waals surface area contributed by atoms with E-state index in [1.807, 2.05) is 0 Å². The van der Waals surface area contributed by atoms with Gasteiger partial charge < -0.3 is 4.74 Å². The van der Waals surface area contributed by atoms with E-state index in [-0.39, 0.29) is 29.2 Å². The Labute approximate surface area is 153 Å². The van der Waals surface area contributed by atoms with E-state index in [9.17, 15) is 19.7 Å². The Bertz CT molecular complexity index is 995. The largest absolute Gasteiger partial charge is 0.478 e. The SMILES string of the molecule is N#CCOc1ccc([N+](=O)[O-])cc1C=C1C(=O)NN(c2ccccc2)C1=O. The quantitative estimate of drug-likeness (QED) is 0.374. The lowest BCUT2D eigenvalue weighted by atomic mass is 10.1. The fourth-order valence-corrected chi connectivity index (χ4v) is 2.48. The number of rotatable bonds is 5. The van der Waals surface area contributed by atoms with Crippen molar-refractivity contribution in [2.24, 2.45) is 0 Å². The van der Waals surface area contributed by atoms with Crippen LogP contribution in [0, 0.1) is 21.4 Å². The second-order valence-corrected chi connectivity index (χ2v) is 5.40. The van der Waals surface area contributed by atoms with Gasteiger partial charge in [-0.3, -0.25) is 25.1 Å². The highest BCUT2D eigenvalue weighted by atomic mass is 16.6. The Kier molecular flexibility index (Phi) is 4.81. The topological polar surface area (TPSA) is 126 Å². The second kappa shape index (κ2) is 7.37. The van der Waals surface area contributed by atoms with Gasteiger partial charge in [0.1, 0.15) is 17.4 Å². The molecule has 9 nitrogen and oxygen atoms in total. The van der Waals surface area contributed by atoms with Crippen molar-refractivity contribution < 1.29 is 19.2 Å². The van der Waals surface area contributed by atoms with Crippen LogP contribution in [0.15, 0.2) is 54.1 Å². The lowest BCUT2D eigenvalue weighted by Gasteiger charge is -2.13. The van der Waals surface area contributed by atoms with Crippen LogP contribution in [0.2, 0.25) is 0 Å². The van der Waals surface area contributed by atoms with Gasteiger partial charge in [0.15, 0.2) is 6.61 Å². The Morgan fingerprint density at radius 1 is 1.22 bits per heavy atom. The van der Waals surface area contributed by atoms with E-state index in [0.29, 0.717) is 5.69 Å². The average Bonchev–Trinajstić information content (AvgIpc) is 2.95. The van der Waals surface area contributed by atoms with Gasteiger partial charge in [-0.05, 0) is 24.3 Å². The third-order valence-electron chi connectivity index (χ3n) is 3.70. The molecule has 0 aliphatic carbocycles. The van der Waals surface area contributed by atoms with Crippen LogP contribution in [0.5, 0.6) is 5.75 Å².